The molecule has 3 aliphatic rings. The van der Waals surface area contributed by atoms with E-state index in [0.29, 0.717) is 5.54 Å². The topological polar surface area (TPSA) is 15.7 Å². The molecule has 2 heterocycles. The molecule has 2 aliphatic heterocycles. The molecule has 1 aliphatic carbocycles. The number of nitrogens with zero attached hydrogens (tertiary/aromatic N) is 2. The Hall–Kier alpha value is -0.120. The largest absolute Gasteiger partial charge is 0.379 e. The zero-order valence-electron chi connectivity index (χ0n) is 13.1. The van der Waals surface area contributed by atoms with Crippen LogP contribution in [-0.4, -0.2) is 60.3 Å². The van der Waals surface area contributed by atoms with Gasteiger partial charge in [-0.3, -0.25) is 9.80 Å². The second-order valence-electron chi connectivity index (χ2n) is 7.60. The SMILES string of the molecule is CC[C@@H]1C(CN2CCOCC2)[C@H]2C[C@H]2N1C(C)(C)C. The Kier molecular flexibility index (Phi) is 3.65. The van der Waals surface area contributed by atoms with Gasteiger partial charge < -0.3 is 4.74 Å². The molecular formula is C16H30N2O. The van der Waals surface area contributed by atoms with Crippen molar-refractivity contribution in [2.24, 2.45) is 11.8 Å². The van der Waals surface area contributed by atoms with E-state index in [0.717, 1.165) is 50.2 Å². The summed E-state index contributed by atoms with van der Waals surface area (Å²) in [5.74, 6) is 1.87. The van der Waals surface area contributed by atoms with Crippen molar-refractivity contribution in [3.05, 3.63) is 0 Å². The molecule has 4 atom stereocenters. The van der Waals surface area contributed by atoms with Gasteiger partial charge in [0.1, 0.15) is 0 Å². The lowest BCUT2D eigenvalue weighted by atomic mass is 9.91. The normalized spacial score (nSPS) is 40.4. The average molecular weight is 266 g/mol. The molecule has 0 N–H and O–H groups in total. The van der Waals surface area contributed by atoms with Gasteiger partial charge in [0.2, 0.25) is 0 Å². The second-order valence-corrected chi connectivity index (χ2v) is 7.60. The lowest BCUT2D eigenvalue weighted by molar-refractivity contribution is 0.0166. The van der Waals surface area contributed by atoms with Crippen LogP contribution in [0, 0.1) is 11.8 Å². The zero-order chi connectivity index (χ0) is 13.6. The van der Waals surface area contributed by atoms with Crippen molar-refractivity contribution in [3.8, 4) is 0 Å². The Bertz CT molecular complexity index is 319. The van der Waals surface area contributed by atoms with Crippen molar-refractivity contribution in [1.29, 1.82) is 0 Å². The Morgan fingerprint density at radius 1 is 1.16 bits per heavy atom. The minimum Gasteiger partial charge on any atom is -0.379 e. The van der Waals surface area contributed by atoms with Gasteiger partial charge in [0, 0.05) is 37.3 Å². The van der Waals surface area contributed by atoms with Crippen molar-refractivity contribution < 1.29 is 4.74 Å². The van der Waals surface area contributed by atoms with E-state index < -0.39 is 0 Å². The van der Waals surface area contributed by atoms with Crippen molar-refractivity contribution >= 4 is 0 Å². The van der Waals surface area contributed by atoms with E-state index in [-0.39, 0.29) is 0 Å². The summed E-state index contributed by atoms with van der Waals surface area (Å²) in [7, 11) is 0. The Morgan fingerprint density at radius 3 is 2.42 bits per heavy atom. The zero-order valence-corrected chi connectivity index (χ0v) is 13.1. The third-order valence-corrected chi connectivity index (χ3v) is 5.33. The average Bonchev–Trinajstić information content (AvgIpc) is 3.07. The Morgan fingerprint density at radius 2 is 1.84 bits per heavy atom. The molecule has 0 bridgehead atoms. The first kappa shape index (κ1) is 13.8. The number of fused-ring (bicyclic) bond motifs is 1. The highest BCUT2D eigenvalue weighted by Crippen LogP contribution is 2.55. The quantitative estimate of drug-likeness (QED) is 0.779. The maximum atomic E-state index is 5.48. The summed E-state index contributed by atoms with van der Waals surface area (Å²) in [6.45, 7) is 15.0. The smallest absolute Gasteiger partial charge is 0.0594 e. The predicted molar refractivity (Wildman–Crippen MR) is 78.3 cm³/mol. The van der Waals surface area contributed by atoms with Crippen LogP contribution in [0.15, 0.2) is 0 Å². The number of ether oxygens (including phenoxy) is 1. The number of morpholine rings is 1. The van der Waals surface area contributed by atoms with Crippen LogP contribution in [-0.2, 0) is 4.74 Å². The van der Waals surface area contributed by atoms with Crippen LogP contribution < -0.4 is 0 Å². The molecule has 3 rings (SSSR count). The molecule has 110 valence electrons. The van der Waals surface area contributed by atoms with Crippen LogP contribution in [0.1, 0.15) is 40.5 Å². The third-order valence-electron chi connectivity index (χ3n) is 5.33. The monoisotopic (exact) mass is 266 g/mol. The maximum Gasteiger partial charge on any atom is 0.0594 e. The molecule has 0 amide bonds. The number of likely N-dealkylation sites (tertiary alicyclic amines) is 1. The first-order valence-electron chi connectivity index (χ1n) is 8.11. The fourth-order valence-electron chi connectivity index (χ4n) is 4.55. The van der Waals surface area contributed by atoms with Crippen LogP contribution in [0.3, 0.4) is 0 Å². The summed E-state index contributed by atoms with van der Waals surface area (Å²) in [6.07, 6.45) is 2.75. The van der Waals surface area contributed by atoms with Gasteiger partial charge in [-0.1, -0.05) is 6.92 Å². The molecule has 0 radical (unpaired) electrons. The molecular weight excluding hydrogens is 236 g/mol. The van der Waals surface area contributed by atoms with Crippen LogP contribution in [0.2, 0.25) is 0 Å². The molecule has 3 fully saturated rings. The van der Waals surface area contributed by atoms with Crippen LogP contribution in [0.5, 0.6) is 0 Å². The number of piperidine rings is 1. The van der Waals surface area contributed by atoms with Crippen molar-refractivity contribution in [2.75, 3.05) is 32.8 Å². The molecule has 0 spiro atoms. The summed E-state index contributed by atoms with van der Waals surface area (Å²) in [6, 6.07) is 1.68. The first-order valence-corrected chi connectivity index (χ1v) is 8.11. The van der Waals surface area contributed by atoms with E-state index >= 15 is 0 Å². The molecule has 2 saturated heterocycles. The number of hydrogen-bond donors (Lipinski definition) is 0. The van der Waals surface area contributed by atoms with Gasteiger partial charge >= 0.3 is 0 Å². The standard InChI is InChI=1S/C16H30N2O/c1-5-14-13(11-17-6-8-19-9-7-17)12-10-15(12)18(14)16(2,3)4/h12-15H,5-11H2,1-4H3/t12-,13?,14-,15-/m1/s1. The van der Waals surface area contributed by atoms with Gasteiger partial charge in [-0.15, -0.1) is 0 Å². The maximum absolute atomic E-state index is 5.48. The Labute approximate surface area is 118 Å². The molecule has 1 saturated carbocycles. The van der Waals surface area contributed by atoms with Crippen LogP contribution in [0.4, 0.5) is 0 Å². The lowest BCUT2D eigenvalue weighted by Crippen LogP contribution is -2.50. The van der Waals surface area contributed by atoms with Crippen LogP contribution in [0.25, 0.3) is 0 Å². The molecule has 3 heteroatoms. The fourth-order valence-corrected chi connectivity index (χ4v) is 4.55. The van der Waals surface area contributed by atoms with Gasteiger partial charge in [-0.05, 0) is 45.4 Å². The molecule has 1 unspecified atom stereocenters. The van der Waals surface area contributed by atoms with Gasteiger partial charge in [0.25, 0.3) is 0 Å². The van der Waals surface area contributed by atoms with Crippen LogP contribution >= 0.6 is 0 Å². The summed E-state index contributed by atoms with van der Waals surface area (Å²) < 4.78 is 5.48. The van der Waals surface area contributed by atoms with E-state index in [1.807, 2.05) is 0 Å². The third kappa shape index (κ3) is 2.57. The summed E-state index contributed by atoms with van der Waals surface area (Å²) in [5, 5.41) is 0. The molecule has 0 aromatic rings. The van der Waals surface area contributed by atoms with Gasteiger partial charge in [0.05, 0.1) is 13.2 Å². The summed E-state index contributed by atoms with van der Waals surface area (Å²) in [5.41, 5.74) is 0.333. The van der Waals surface area contributed by atoms with E-state index in [1.165, 1.54) is 19.4 Å². The minimum atomic E-state index is 0.333. The molecule has 19 heavy (non-hydrogen) atoms. The van der Waals surface area contributed by atoms with Crippen molar-refractivity contribution in [2.45, 2.75) is 58.2 Å². The Balaban J connectivity index is 1.68. The van der Waals surface area contributed by atoms with Gasteiger partial charge in [-0.25, -0.2) is 0 Å². The summed E-state index contributed by atoms with van der Waals surface area (Å²) >= 11 is 0. The fraction of sp³-hybridized carbons (Fsp3) is 1.00. The van der Waals surface area contributed by atoms with Crippen molar-refractivity contribution in [3.63, 3.8) is 0 Å². The highest BCUT2D eigenvalue weighted by molar-refractivity contribution is 5.13. The van der Waals surface area contributed by atoms with Gasteiger partial charge in [-0.2, -0.15) is 0 Å². The van der Waals surface area contributed by atoms with E-state index in [2.05, 4.69) is 37.5 Å². The van der Waals surface area contributed by atoms with E-state index in [9.17, 15) is 0 Å². The van der Waals surface area contributed by atoms with E-state index in [1.54, 1.807) is 0 Å². The predicted octanol–water partition coefficient (Wildman–Crippen LogP) is 2.22. The highest BCUT2D eigenvalue weighted by Gasteiger charge is 2.60. The highest BCUT2D eigenvalue weighted by atomic mass is 16.5. The lowest BCUT2D eigenvalue weighted by Gasteiger charge is -2.42. The number of rotatable bonds is 3. The second kappa shape index (κ2) is 5.01. The summed E-state index contributed by atoms with van der Waals surface area (Å²) in [4.78, 5) is 5.47. The number of hydrogen-bond acceptors (Lipinski definition) is 3. The molecule has 0 aromatic carbocycles. The first-order chi connectivity index (χ1) is 9.02. The molecule has 3 nitrogen and oxygen atoms in total. The van der Waals surface area contributed by atoms with E-state index in [4.69, 9.17) is 4.74 Å². The minimum absolute atomic E-state index is 0.333. The van der Waals surface area contributed by atoms with Crippen molar-refractivity contribution in [1.82, 2.24) is 9.80 Å². The molecule has 0 aromatic heterocycles. The van der Waals surface area contributed by atoms with Gasteiger partial charge in [0.15, 0.2) is 0 Å².